The largest absolute Gasteiger partial charge is 0.368 e. The van der Waals surface area contributed by atoms with Crippen LogP contribution in [0.2, 0.25) is 0 Å². The van der Waals surface area contributed by atoms with Crippen molar-refractivity contribution in [3.05, 3.63) is 10.4 Å². The highest BCUT2D eigenvalue weighted by atomic mass is 32.1. The van der Waals surface area contributed by atoms with Crippen molar-refractivity contribution in [2.24, 2.45) is 12.8 Å². The van der Waals surface area contributed by atoms with Gasteiger partial charge in [0.2, 0.25) is 11.8 Å². The summed E-state index contributed by atoms with van der Waals surface area (Å²) >= 11 is 1.49. The zero-order valence-electron chi connectivity index (χ0n) is 7.64. The molecule has 0 saturated heterocycles. The van der Waals surface area contributed by atoms with Crippen LogP contribution in [0.1, 0.15) is 5.01 Å². The molecule has 0 fully saturated rings. The summed E-state index contributed by atoms with van der Waals surface area (Å²) in [6.07, 6.45) is 0. The Morgan fingerprint density at radius 2 is 2.29 bits per heavy atom. The fourth-order valence-electron chi connectivity index (χ4n) is 1.01. The van der Waals surface area contributed by atoms with Crippen molar-refractivity contribution < 1.29 is 0 Å². The molecule has 6 nitrogen and oxygen atoms in total. The maximum absolute atomic E-state index is 5.56. The molecule has 74 valence electrons. The van der Waals surface area contributed by atoms with Crippen molar-refractivity contribution in [3.63, 3.8) is 0 Å². The molecule has 2 rings (SSSR count). The Labute approximate surface area is 84.6 Å². The van der Waals surface area contributed by atoms with Crippen LogP contribution < -0.4 is 11.5 Å². The lowest BCUT2D eigenvalue weighted by molar-refractivity contribution is 0.780. The molecule has 0 aromatic carbocycles. The standard InChI is InChI=1S/C7H10N6S/c1-13-7(9)11-6(12-13)4-3-14-5(2-8)10-4/h3H,2,8H2,1H3,(H2,9,11,12). The zero-order chi connectivity index (χ0) is 10.1. The smallest absolute Gasteiger partial charge is 0.218 e. The second-order valence-corrected chi connectivity index (χ2v) is 3.69. The van der Waals surface area contributed by atoms with Gasteiger partial charge in [-0.2, -0.15) is 4.98 Å². The quantitative estimate of drug-likeness (QED) is 0.726. The minimum Gasteiger partial charge on any atom is -0.368 e. The van der Waals surface area contributed by atoms with Crippen LogP contribution in [0.5, 0.6) is 0 Å². The molecule has 2 heterocycles. The van der Waals surface area contributed by atoms with E-state index in [9.17, 15) is 0 Å². The van der Waals surface area contributed by atoms with E-state index < -0.39 is 0 Å². The number of rotatable bonds is 2. The van der Waals surface area contributed by atoms with Gasteiger partial charge in [-0.1, -0.05) is 0 Å². The molecular formula is C7H10N6S. The fraction of sp³-hybridized carbons (Fsp3) is 0.286. The van der Waals surface area contributed by atoms with Crippen molar-refractivity contribution >= 4 is 17.3 Å². The molecule has 4 N–H and O–H groups in total. The molecule has 0 radical (unpaired) electrons. The molecule has 0 spiro atoms. The van der Waals surface area contributed by atoms with Crippen LogP contribution in [-0.4, -0.2) is 19.7 Å². The highest BCUT2D eigenvalue weighted by Crippen LogP contribution is 2.18. The zero-order valence-corrected chi connectivity index (χ0v) is 8.45. The summed E-state index contributed by atoms with van der Waals surface area (Å²) in [7, 11) is 1.74. The Kier molecular flexibility index (Phi) is 2.18. The lowest BCUT2D eigenvalue weighted by Crippen LogP contribution is -1.97. The molecule has 0 atom stereocenters. The summed E-state index contributed by atoms with van der Waals surface area (Å²) < 4.78 is 1.51. The first kappa shape index (κ1) is 9.10. The van der Waals surface area contributed by atoms with E-state index >= 15 is 0 Å². The Balaban J connectivity index is 2.39. The van der Waals surface area contributed by atoms with Crippen molar-refractivity contribution in [1.29, 1.82) is 0 Å². The van der Waals surface area contributed by atoms with Gasteiger partial charge in [-0.05, 0) is 0 Å². The summed E-state index contributed by atoms with van der Waals surface area (Å²) in [5.74, 6) is 0.920. The van der Waals surface area contributed by atoms with E-state index in [4.69, 9.17) is 11.5 Å². The molecule has 0 saturated carbocycles. The van der Waals surface area contributed by atoms with Crippen molar-refractivity contribution in [2.45, 2.75) is 6.54 Å². The van der Waals surface area contributed by atoms with Crippen LogP contribution in [-0.2, 0) is 13.6 Å². The van der Waals surface area contributed by atoms with Crippen molar-refractivity contribution in [1.82, 2.24) is 19.7 Å². The van der Waals surface area contributed by atoms with Crippen LogP contribution in [0.4, 0.5) is 5.95 Å². The molecule has 2 aromatic heterocycles. The third kappa shape index (κ3) is 1.47. The lowest BCUT2D eigenvalue weighted by atomic mass is 10.5. The van der Waals surface area contributed by atoms with Gasteiger partial charge in [-0.15, -0.1) is 16.4 Å². The van der Waals surface area contributed by atoms with Gasteiger partial charge in [0.15, 0.2) is 0 Å². The van der Waals surface area contributed by atoms with E-state index in [2.05, 4.69) is 15.1 Å². The van der Waals surface area contributed by atoms with Gasteiger partial charge in [-0.3, -0.25) is 0 Å². The molecule has 0 unspecified atom stereocenters. The summed E-state index contributed by atoms with van der Waals surface area (Å²) in [5.41, 5.74) is 11.7. The minimum absolute atomic E-state index is 0.377. The van der Waals surface area contributed by atoms with E-state index in [-0.39, 0.29) is 0 Å². The number of thiazole rings is 1. The van der Waals surface area contributed by atoms with Crippen molar-refractivity contribution in [3.8, 4) is 11.5 Å². The maximum Gasteiger partial charge on any atom is 0.218 e. The monoisotopic (exact) mass is 210 g/mol. The maximum atomic E-state index is 5.56. The molecule has 14 heavy (non-hydrogen) atoms. The predicted octanol–water partition coefficient (Wildman–Crippen LogP) is -0.0205. The number of nitrogen functional groups attached to an aromatic ring is 1. The van der Waals surface area contributed by atoms with E-state index in [0.717, 1.165) is 10.7 Å². The van der Waals surface area contributed by atoms with Crippen LogP contribution in [0.3, 0.4) is 0 Å². The van der Waals surface area contributed by atoms with Gasteiger partial charge >= 0.3 is 0 Å². The average molecular weight is 210 g/mol. The summed E-state index contributed by atoms with van der Waals surface area (Å²) in [5, 5.41) is 6.85. The molecule has 0 amide bonds. The third-order valence-electron chi connectivity index (χ3n) is 1.75. The van der Waals surface area contributed by atoms with Gasteiger partial charge in [0, 0.05) is 19.0 Å². The summed E-state index contributed by atoms with van der Waals surface area (Å²) in [6.45, 7) is 0.437. The highest BCUT2D eigenvalue weighted by Gasteiger charge is 2.09. The van der Waals surface area contributed by atoms with Gasteiger partial charge in [-0.25, -0.2) is 9.67 Å². The normalized spacial score (nSPS) is 10.7. The van der Waals surface area contributed by atoms with E-state index in [1.165, 1.54) is 16.0 Å². The molecule has 0 bridgehead atoms. The Morgan fingerprint density at radius 1 is 1.50 bits per heavy atom. The number of aromatic nitrogens is 4. The number of hydrogen-bond acceptors (Lipinski definition) is 6. The van der Waals surface area contributed by atoms with E-state index in [0.29, 0.717) is 18.3 Å². The second kappa shape index (κ2) is 3.35. The van der Waals surface area contributed by atoms with Gasteiger partial charge in [0.25, 0.3) is 0 Å². The number of aryl methyl sites for hydroxylation is 1. The van der Waals surface area contributed by atoms with E-state index in [1.54, 1.807) is 7.05 Å². The second-order valence-electron chi connectivity index (χ2n) is 2.75. The molecule has 0 aliphatic heterocycles. The molecular weight excluding hydrogens is 200 g/mol. The molecule has 7 heteroatoms. The summed E-state index contributed by atoms with van der Waals surface area (Å²) in [6, 6.07) is 0. The van der Waals surface area contributed by atoms with E-state index in [1.807, 2.05) is 5.38 Å². The first-order valence-electron chi connectivity index (χ1n) is 4.02. The van der Waals surface area contributed by atoms with Crippen molar-refractivity contribution in [2.75, 3.05) is 5.73 Å². The molecule has 2 aromatic rings. The first-order chi connectivity index (χ1) is 6.70. The number of anilines is 1. The van der Waals surface area contributed by atoms with Gasteiger partial charge in [0.1, 0.15) is 10.7 Å². The van der Waals surface area contributed by atoms with Gasteiger partial charge in [0.05, 0.1) is 0 Å². The molecule has 0 aliphatic carbocycles. The Hall–Kier alpha value is -1.47. The van der Waals surface area contributed by atoms with Gasteiger partial charge < -0.3 is 11.5 Å². The highest BCUT2D eigenvalue weighted by molar-refractivity contribution is 7.09. The number of nitrogens with two attached hydrogens (primary N) is 2. The summed E-state index contributed by atoms with van der Waals surface area (Å²) in [4.78, 5) is 8.31. The van der Waals surface area contributed by atoms with Crippen LogP contribution in [0.25, 0.3) is 11.5 Å². The topological polar surface area (TPSA) is 95.6 Å². The number of hydrogen-bond donors (Lipinski definition) is 2. The lowest BCUT2D eigenvalue weighted by Gasteiger charge is -1.86. The molecule has 0 aliphatic rings. The Bertz CT molecular complexity index is 425. The SMILES string of the molecule is Cn1nc(-c2csc(CN)n2)nc1N. The predicted molar refractivity (Wildman–Crippen MR) is 54.4 cm³/mol. The minimum atomic E-state index is 0.377. The van der Waals surface area contributed by atoms with Crippen LogP contribution >= 0.6 is 11.3 Å². The van der Waals surface area contributed by atoms with Crippen LogP contribution in [0, 0.1) is 0 Å². The fourth-order valence-corrected chi connectivity index (χ4v) is 1.67. The number of nitrogens with zero attached hydrogens (tertiary/aromatic N) is 4. The third-order valence-corrected chi connectivity index (χ3v) is 2.62. The first-order valence-corrected chi connectivity index (χ1v) is 4.90. The van der Waals surface area contributed by atoms with Crippen LogP contribution in [0.15, 0.2) is 5.38 Å². The average Bonchev–Trinajstić information content (AvgIpc) is 2.74. The Morgan fingerprint density at radius 3 is 2.79 bits per heavy atom.